The van der Waals surface area contributed by atoms with Crippen molar-refractivity contribution in [3.8, 4) is 0 Å². The molecule has 27 heavy (non-hydrogen) atoms. The molecule has 4 aromatic rings. The van der Waals surface area contributed by atoms with Crippen molar-refractivity contribution in [3.05, 3.63) is 72.7 Å². The lowest BCUT2D eigenvalue weighted by atomic mass is 10.2. The molecule has 0 amide bonds. The van der Waals surface area contributed by atoms with Gasteiger partial charge in [0, 0.05) is 26.8 Å². The van der Waals surface area contributed by atoms with Crippen molar-refractivity contribution in [3.63, 3.8) is 0 Å². The van der Waals surface area contributed by atoms with E-state index in [0.29, 0.717) is 15.2 Å². The predicted molar refractivity (Wildman–Crippen MR) is 123 cm³/mol. The zero-order valence-electron chi connectivity index (χ0n) is 13.9. The monoisotopic (exact) mass is 545 g/mol. The third-order valence-corrected chi connectivity index (χ3v) is 6.48. The van der Waals surface area contributed by atoms with Crippen LogP contribution >= 0.6 is 66.7 Å². The van der Waals surface area contributed by atoms with Crippen molar-refractivity contribution >= 4 is 94.3 Å². The Kier molecular flexibility index (Phi) is 6.82. The van der Waals surface area contributed by atoms with Gasteiger partial charge in [0.25, 0.3) is 0 Å². The smallest absolute Gasteiger partial charge is 0.129 e. The Morgan fingerprint density at radius 2 is 1.19 bits per heavy atom. The standard InChI is InChI=1S/C10H8BrClN2.C9H4BrCl2N/c1-13-8-5-3-6-2-4-7(11)9(12)10(6)14-8;10-6-3-1-5-2-4-7(11)13-9(5)8(6)12/h2-5H,1H3,(H,13,14);1-4H. The third-order valence-electron chi connectivity index (χ3n) is 3.73. The van der Waals surface area contributed by atoms with E-state index in [9.17, 15) is 0 Å². The van der Waals surface area contributed by atoms with E-state index >= 15 is 0 Å². The molecule has 2 aromatic heterocycles. The summed E-state index contributed by atoms with van der Waals surface area (Å²) in [7, 11) is 1.83. The first-order valence-electron chi connectivity index (χ1n) is 7.73. The van der Waals surface area contributed by atoms with Crippen LogP contribution in [0.3, 0.4) is 0 Å². The Balaban J connectivity index is 0.000000156. The van der Waals surface area contributed by atoms with Crippen molar-refractivity contribution in [2.24, 2.45) is 0 Å². The topological polar surface area (TPSA) is 37.8 Å². The quantitative estimate of drug-likeness (QED) is 0.245. The van der Waals surface area contributed by atoms with Crippen LogP contribution in [0.2, 0.25) is 15.2 Å². The zero-order chi connectivity index (χ0) is 19.6. The second-order valence-electron chi connectivity index (χ2n) is 5.45. The summed E-state index contributed by atoms with van der Waals surface area (Å²) in [5.74, 6) is 0.817. The van der Waals surface area contributed by atoms with Crippen LogP contribution in [0.4, 0.5) is 5.82 Å². The molecular weight excluding hydrogens is 536 g/mol. The van der Waals surface area contributed by atoms with Crippen LogP contribution in [0, 0.1) is 0 Å². The van der Waals surface area contributed by atoms with E-state index in [-0.39, 0.29) is 0 Å². The van der Waals surface area contributed by atoms with Gasteiger partial charge in [0.15, 0.2) is 0 Å². The number of fused-ring (bicyclic) bond motifs is 2. The summed E-state index contributed by atoms with van der Waals surface area (Å²) >= 11 is 24.6. The molecule has 138 valence electrons. The van der Waals surface area contributed by atoms with Crippen molar-refractivity contribution in [2.75, 3.05) is 12.4 Å². The van der Waals surface area contributed by atoms with Gasteiger partial charge in [-0.1, -0.05) is 46.9 Å². The van der Waals surface area contributed by atoms with Crippen molar-refractivity contribution in [1.29, 1.82) is 0 Å². The number of rotatable bonds is 1. The maximum absolute atomic E-state index is 6.12. The van der Waals surface area contributed by atoms with Gasteiger partial charge in [0.1, 0.15) is 11.0 Å². The highest BCUT2D eigenvalue weighted by Gasteiger charge is 2.05. The van der Waals surface area contributed by atoms with Crippen LogP contribution < -0.4 is 5.32 Å². The first-order valence-corrected chi connectivity index (χ1v) is 10.5. The van der Waals surface area contributed by atoms with Gasteiger partial charge < -0.3 is 5.32 Å². The summed E-state index contributed by atoms with van der Waals surface area (Å²) in [5, 5.41) is 6.70. The van der Waals surface area contributed by atoms with Gasteiger partial charge in [0.2, 0.25) is 0 Å². The van der Waals surface area contributed by atoms with E-state index in [2.05, 4.69) is 47.1 Å². The average molecular weight is 548 g/mol. The highest BCUT2D eigenvalue weighted by molar-refractivity contribution is 9.10. The minimum absolute atomic E-state index is 0.451. The Labute approximate surface area is 188 Å². The van der Waals surface area contributed by atoms with Gasteiger partial charge in [-0.15, -0.1) is 0 Å². The van der Waals surface area contributed by atoms with Crippen LogP contribution in [0.25, 0.3) is 21.8 Å². The third kappa shape index (κ3) is 4.66. The fourth-order valence-electron chi connectivity index (χ4n) is 2.37. The molecule has 0 saturated heterocycles. The number of nitrogens with zero attached hydrogens (tertiary/aromatic N) is 2. The number of hydrogen-bond donors (Lipinski definition) is 1. The molecule has 4 rings (SSSR count). The number of nitrogens with one attached hydrogen (secondary N) is 1. The highest BCUT2D eigenvalue weighted by atomic mass is 79.9. The van der Waals surface area contributed by atoms with Crippen LogP contribution in [-0.2, 0) is 0 Å². The minimum Gasteiger partial charge on any atom is -0.373 e. The van der Waals surface area contributed by atoms with Crippen molar-refractivity contribution < 1.29 is 0 Å². The molecule has 2 aromatic carbocycles. The van der Waals surface area contributed by atoms with Gasteiger partial charge in [0.05, 0.1) is 21.1 Å². The zero-order valence-corrected chi connectivity index (χ0v) is 19.3. The highest BCUT2D eigenvalue weighted by Crippen LogP contribution is 2.31. The van der Waals surface area contributed by atoms with Gasteiger partial charge in [-0.05, 0) is 68.3 Å². The molecule has 0 unspecified atom stereocenters. The van der Waals surface area contributed by atoms with E-state index in [1.807, 2.05) is 49.5 Å². The molecular formula is C19H12Br2Cl3N3. The first kappa shape index (κ1) is 20.6. The van der Waals surface area contributed by atoms with Crippen molar-refractivity contribution in [2.45, 2.75) is 0 Å². The molecule has 8 heteroatoms. The van der Waals surface area contributed by atoms with E-state index in [4.69, 9.17) is 34.8 Å². The number of anilines is 1. The summed E-state index contributed by atoms with van der Waals surface area (Å²) < 4.78 is 1.70. The molecule has 0 aliphatic heterocycles. The maximum atomic E-state index is 6.12. The van der Waals surface area contributed by atoms with E-state index < -0.39 is 0 Å². The summed E-state index contributed by atoms with van der Waals surface area (Å²) in [5.41, 5.74) is 1.54. The van der Waals surface area contributed by atoms with Gasteiger partial charge in [-0.2, -0.15) is 0 Å². The lowest BCUT2D eigenvalue weighted by Crippen LogP contribution is -1.92. The molecule has 0 aliphatic rings. The molecule has 1 N–H and O–H groups in total. The second kappa shape index (κ2) is 8.93. The molecule has 0 radical (unpaired) electrons. The summed E-state index contributed by atoms with van der Waals surface area (Å²) in [6, 6.07) is 15.3. The number of aromatic nitrogens is 2. The van der Waals surface area contributed by atoms with Crippen LogP contribution in [0.1, 0.15) is 0 Å². The fraction of sp³-hybridized carbons (Fsp3) is 0.0526. The Morgan fingerprint density at radius 1 is 0.704 bits per heavy atom. The summed E-state index contributed by atoms with van der Waals surface area (Å²) in [6.45, 7) is 0. The molecule has 0 bridgehead atoms. The normalized spacial score (nSPS) is 10.6. The average Bonchev–Trinajstić information content (AvgIpc) is 2.68. The van der Waals surface area contributed by atoms with E-state index in [1.54, 1.807) is 6.07 Å². The van der Waals surface area contributed by atoms with Crippen LogP contribution in [-0.4, -0.2) is 17.0 Å². The maximum Gasteiger partial charge on any atom is 0.129 e. The van der Waals surface area contributed by atoms with Crippen LogP contribution in [0.15, 0.2) is 57.5 Å². The number of halogens is 5. The lowest BCUT2D eigenvalue weighted by molar-refractivity contribution is 1.34. The SMILES string of the molecule is CNc1ccc2ccc(Br)c(Cl)c2n1.Clc1ccc2ccc(Br)c(Cl)c2n1. The van der Waals surface area contributed by atoms with Gasteiger partial charge in [-0.3, -0.25) is 0 Å². The van der Waals surface area contributed by atoms with Gasteiger partial charge in [-0.25, -0.2) is 9.97 Å². The minimum atomic E-state index is 0.451. The molecule has 0 spiro atoms. The lowest BCUT2D eigenvalue weighted by Gasteiger charge is -2.04. The Bertz CT molecular complexity index is 1130. The predicted octanol–water partition coefficient (Wildman–Crippen LogP) is 8.00. The van der Waals surface area contributed by atoms with Gasteiger partial charge >= 0.3 is 0 Å². The van der Waals surface area contributed by atoms with E-state index in [0.717, 1.165) is 36.6 Å². The largest absolute Gasteiger partial charge is 0.373 e. The first-order chi connectivity index (χ1) is 12.9. The molecule has 2 heterocycles. The second-order valence-corrected chi connectivity index (χ2v) is 8.30. The van der Waals surface area contributed by atoms with E-state index in [1.165, 1.54) is 0 Å². The molecule has 3 nitrogen and oxygen atoms in total. The summed E-state index contributed by atoms with van der Waals surface area (Å²) in [4.78, 5) is 8.52. The molecule has 0 fully saturated rings. The Hall–Kier alpha value is -1.11. The molecule has 0 atom stereocenters. The molecule has 0 aliphatic carbocycles. The molecule has 0 saturated carbocycles. The fourth-order valence-corrected chi connectivity index (χ4v) is 3.59. The number of pyridine rings is 2. The van der Waals surface area contributed by atoms with Crippen molar-refractivity contribution in [1.82, 2.24) is 9.97 Å². The summed E-state index contributed by atoms with van der Waals surface area (Å²) in [6.07, 6.45) is 0. The Morgan fingerprint density at radius 3 is 1.74 bits per heavy atom. The van der Waals surface area contributed by atoms with Crippen LogP contribution in [0.5, 0.6) is 0 Å². The number of hydrogen-bond acceptors (Lipinski definition) is 3. The number of benzene rings is 2.